The Bertz CT molecular complexity index is 1030. The van der Waals surface area contributed by atoms with Gasteiger partial charge in [0.2, 0.25) is 0 Å². The highest BCUT2D eigenvalue weighted by molar-refractivity contribution is 5.99. The van der Waals surface area contributed by atoms with Crippen molar-refractivity contribution < 1.29 is 19.8 Å². The van der Waals surface area contributed by atoms with Crippen LogP contribution >= 0.6 is 0 Å². The first kappa shape index (κ1) is 23.3. The SMILES string of the molecule is C[C@H]1[C@H](NC(=O)c2ccccc2)C[C@H]2C(C)(C)CCC[C@]2(C)[C@H]1C(=O)c1cc(O)cc(O)c1. The van der Waals surface area contributed by atoms with Gasteiger partial charge in [0.25, 0.3) is 5.91 Å². The Labute approximate surface area is 196 Å². The van der Waals surface area contributed by atoms with Gasteiger partial charge in [0.1, 0.15) is 11.5 Å². The summed E-state index contributed by atoms with van der Waals surface area (Å²) >= 11 is 0. The number of nitrogens with one attached hydrogen (secondary N) is 1. The van der Waals surface area contributed by atoms with Gasteiger partial charge in [-0.25, -0.2) is 0 Å². The minimum Gasteiger partial charge on any atom is -0.508 e. The Morgan fingerprint density at radius 1 is 0.939 bits per heavy atom. The van der Waals surface area contributed by atoms with E-state index in [4.69, 9.17) is 0 Å². The predicted octanol–water partition coefficient (Wildman–Crippen LogP) is 5.57. The lowest BCUT2D eigenvalue weighted by Gasteiger charge is -2.60. The van der Waals surface area contributed by atoms with E-state index in [2.05, 4.69) is 33.0 Å². The first-order chi connectivity index (χ1) is 15.5. The summed E-state index contributed by atoms with van der Waals surface area (Å²) in [6, 6.07) is 13.1. The zero-order chi connectivity index (χ0) is 24.0. The summed E-state index contributed by atoms with van der Waals surface area (Å²) in [4.78, 5) is 27.0. The highest BCUT2D eigenvalue weighted by Crippen LogP contribution is 2.61. The minimum atomic E-state index is -0.335. The lowest BCUT2D eigenvalue weighted by Crippen LogP contribution is -2.60. The van der Waals surface area contributed by atoms with Gasteiger partial charge in [0.15, 0.2) is 5.78 Å². The van der Waals surface area contributed by atoms with E-state index in [9.17, 15) is 19.8 Å². The number of carbonyl (C=O) groups excluding carboxylic acids is 2. The van der Waals surface area contributed by atoms with E-state index in [0.717, 1.165) is 25.7 Å². The second kappa shape index (κ2) is 8.51. The van der Waals surface area contributed by atoms with Gasteiger partial charge in [-0.05, 0) is 66.2 Å². The lowest BCUT2D eigenvalue weighted by molar-refractivity contribution is -0.0902. The molecule has 0 spiro atoms. The fraction of sp³-hybridized carbons (Fsp3) is 0.500. The van der Waals surface area contributed by atoms with Crippen molar-refractivity contribution in [2.24, 2.45) is 28.6 Å². The zero-order valence-electron chi connectivity index (χ0n) is 20.0. The molecule has 5 atom stereocenters. The van der Waals surface area contributed by atoms with Gasteiger partial charge >= 0.3 is 0 Å². The Balaban J connectivity index is 1.73. The van der Waals surface area contributed by atoms with Gasteiger partial charge in [-0.1, -0.05) is 52.3 Å². The molecule has 2 fully saturated rings. The number of hydrogen-bond donors (Lipinski definition) is 3. The van der Waals surface area contributed by atoms with Gasteiger partial charge in [0, 0.05) is 29.2 Å². The maximum absolute atomic E-state index is 14.0. The number of hydrogen-bond acceptors (Lipinski definition) is 4. The molecular weight excluding hydrogens is 414 g/mol. The molecule has 2 saturated carbocycles. The summed E-state index contributed by atoms with van der Waals surface area (Å²) in [5, 5.41) is 23.3. The Kier molecular flexibility index (Phi) is 6.02. The van der Waals surface area contributed by atoms with Crippen molar-refractivity contribution in [3.05, 3.63) is 59.7 Å². The van der Waals surface area contributed by atoms with Crippen LogP contribution in [0.3, 0.4) is 0 Å². The van der Waals surface area contributed by atoms with E-state index >= 15 is 0 Å². The van der Waals surface area contributed by atoms with E-state index in [-0.39, 0.29) is 57.8 Å². The van der Waals surface area contributed by atoms with Crippen LogP contribution in [0.2, 0.25) is 0 Å². The van der Waals surface area contributed by atoms with Crippen LogP contribution in [0.5, 0.6) is 11.5 Å². The van der Waals surface area contributed by atoms with E-state index in [1.807, 2.05) is 18.2 Å². The van der Waals surface area contributed by atoms with Crippen molar-refractivity contribution >= 4 is 11.7 Å². The van der Waals surface area contributed by atoms with Crippen LogP contribution in [0.4, 0.5) is 0 Å². The Morgan fingerprint density at radius 2 is 1.58 bits per heavy atom. The number of benzene rings is 2. The zero-order valence-corrected chi connectivity index (χ0v) is 20.0. The number of phenols is 2. The molecule has 2 aromatic carbocycles. The number of fused-ring (bicyclic) bond motifs is 1. The fourth-order valence-electron chi connectivity index (χ4n) is 6.91. The van der Waals surface area contributed by atoms with Crippen molar-refractivity contribution in [1.82, 2.24) is 5.32 Å². The number of amides is 1. The van der Waals surface area contributed by atoms with Crippen LogP contribution in [0, 0.1) is 28.6 Å². The molecule has 33 heavy (non-hydrogen) atoms. The highest BCUT2D eigenvalue weighted by atomic mass is 16.3. The molecule has 176 valence electrons. The van der Waals surface area contributed by atoms with Crippen molar-refractivity contribution in [1.29, 1.82) is 0 Å². The van der Waals surface area contributed by atoms with Crippen LogP contribution in [0.25, 0.3) is 0 Å². The number of rotatable bonds is 4. The summed E-state index contributed by atoms with van der Waals surface area (Å²) in [6.45, 7) is 8.85. The van der Waals surface area contributed by atoms with E-state index in [0.29, 0.717) is 11.1 Å². The maximum Gasteiger partial charge on any atom is 0.251 e. The molecule has 0 aliphatic heterocycles. The van der Waals surface area contributed by atoms with Crippen molar-refractivity contribution in [3.8, 4) is 11.5 Å². The smallest absolute Gasteiger partial charge is 0.251 e. The van der Waals surface area contributed by atoms with E-state index in [1.165, 1.54) is 18.2 Å². The minimum absolute atomic E-state index is 0.0440. The summed E-state index contributed by atoms with van der Waals surface area (Å²) in [5.41, 5.74) is 0.750. The van der Waals surface area contributed by atoms with Crippen molar-refractivity contribution in [2.45, 2.75) is 59.4 Å². The molecule has 0 aromatic heterocycles. The van der Waals surface area contributed by atoms with Crippen LogP contribution in [0.1, 0.15) is 74.1 Å². The topological polar surface area (TPSA) is 86.6 Å². The fourth-order valence-corrected chi connectivity index (χ4v) is 6.91. The number of aromatic hydroxyl groups is 2. The third-order valence-electron chi connectivity index (χ3n) is 8.46. The Hall–Kier alpha value is -2.82. The normalized spacial score (nSPS) is 30.8. The molecule has 0 heterocycles. The first-order valence-corrected chi connectivity index (χ1v) is 12.0. The number of phenolic OH excluding ortho intramolecular Hbond substituents is 2. The molecule has 2 aliphatic carbocycles. The van der Waals surface area contributed by atoms with Crippen molar-refractivity contribution in [3.63, 3.8) is 0 Å². The monoisotopic (exact) mass is 449 g/mol. The van der Waals surface area contributed by atoms with Gasteiger partial charge < -0.3 is 15.5 Å². The van der Waals surface area contributed by atoms with Gasteiger partial charge in [-0.3, -0.25) is 9.59 Å². The van der Waals surface area contributed by atoms with Crippen LogP contribution < -0.4 is 5.32 Å². The van der Waals surface area contributed by atoms with Crippen LogP contribution in [-0.2, 0) is 0 Å². The average Bonchev–Trinajstić information content (AvgIpc) is 2.74. The molecule has 2 aromatic rings. The molecule has 5 nitrogen and oxygen atoms in total. The van der Waals surface area contributed by atoms with Gasteiger partial charge in [-0.2, -0.15) is 0 Å². The third kappa shape index (κ3) is 4.25. The molecule has 5 heteroatoms. The number of Topliss-reactive ketones (excluding diaryl/α,β-unsaturated/α-hetero) is 1. The maximum atomic E-state index is 14.0. The summed E-state index contributed by atoms with van der Waals surface area (Å²) in [7, 11) is 0. The second-order valence-corrected chi connectivity index (χ2v) is 11.0. The summed E-state index contributed by atoms with van der Waals surface area (Å²) < 4.78 is 0. The predicted molar refractivity (Wildman–Crippen MR) is 128 cm³/mol. The molecule has 4 rings (SSSR count). The summed E-state index contributed by atoms with van der Waals surface area (Å²) in [5.74, 6) is -0.606. The standard InChI is InChI=1S/C28H35NO4/c1-17-22(29-26(33)18-9-6-5-7-10-18)16-23-27(2,3)11-8-12-28(23,4)24(17)25(32)19-13-20(30)15-21(31)14-19/h5-7,9-10,13-15,17,22-24,30-31H,8,11-12,16H2,1-4H3,(H,29,33)/t17-,22+,23-,24+,28-/m0/s1. The number of carbonyl (C=O) groups is 2. The average molecular weight is 450 g/mol. The molecule has 1 amide bonds. The molecule has 0 radical (unpaired) electrons. The van der Waals surface area contributed by atoms with E-state index in [1.54, 1.807) is 12.1 Å². The van der Waals surface area contributed by atoms with Crippen LogP contribution in [0.15, 0.2) is 48.5 Å². The Morgan fingerprint density at radius 3 is 2.21 bits per heavy atom. The molecule has 0 bridgehead atoms. The van der Waals surface area contributed by atoms with Gasteiger partial charge in [0.05, 0.1) is 0 Å². The van der Waals surface area contributed by atoms with Crippen LogP contribution in [-0.4, -0.2) is 27.9 Å². The molecule has 0 unspecified atom stereocenters. The second-order valence-electron chi connectivity index (χ2n) is 11.0. The molecule has 0 saturated heterocycles. The molecule has 2 aliphatic rings. The largest absolute Gasteiger partial charge is 0.508 e. The third-order valence-corrected chi connectivity index (χ3v) is 8.46. The molecular formula is C28H35NO4. The molecule has 3 N–H and O–H groups in total. The number of ketones is 1. The first-order valence-electron chi connectivity index (χ1n) is 12.0. The van der Waals surface area contributed by atoms with Gasteiger partial charge in [-0.15, -0.1) is 0 Å². The summed E-state index contributed by atoms with van der Waals surface area (Å²) in [6.07, 6.45) is 3.93. The lowest BCUT2D eigenvalue weighted by atomic mass is 9.45. The van der Waals surface area contributed by atoms with E-state index < -0.39 is 0 Å². The highest BCUT2D eigenvalue weighted by Gasteiger charge is 2.58. The quantitative estimate of drug-likeness (QED) is 0.533. The van der Waals surface area contributed by atoms with Crippen molar-refractivity contribution in [2.75, 3.05) is 0 Å².